The van der Waals surface area contributed by atoms with Gasteiger partial charge in [0.2, 0.25) is 10.0 Å². The van der Waals surface area contributed by atoms with Gasteiger partial charge in [0, 0.05) is 12.6 Å². The molecule has 0 spiro atoms. The van der Waals surface area contributed by atoms with E-state index >= 15 is 0 Å². The molecular formula is C13H15Cl2NO5S. The predicted octanol–water partition coefficient (Wildman–Crippen LogP) is 2.63. The maximum atomic E-state index is 12.8. The van der Waals surface area contributed by atoms with Crippen molar-refractivity contribution >= 4 is 39.2 Å². The summed E-state index contributed by atoms with van der Waals surface area (Å²) in [5.74, 6) is -0.918. The minimum Gasteiger partial charge on any atom is -0.495 e. The minimum atomic E-state index is -4.05. The number of carbonyl (C=O) groups is 1. The number of carboxylic acid groups (broad SMARTS) is 1. The van der Waals surface area contributed by atoms with Crippen LogP contribution < -0.4 is 4.74 Å². The number of nitrogens with zero attached hydrogens (tertiary/aromatic N) is 1. The van der Waals surface area contributed by atoms with Crippen molar-refractivity contribution in [2.75, 3.05) is 13.7 Å². The Kier molecular flexibility index (Phi) is 5.21. The maximum absolute atomic E-state index is 12.8. The van der Waals surface area contributed by atoms with E-state index in [9.17, 15) is 18.3 Å². The van der Waals surface area contributed by atoms with Crippen LogP contribution in [0.3, 0.4) is 0 Å². The van der Waals surface area contributed by atoms with Gasteiger partial charge in [-0.25, -0.2) is 8.42 Å². The molecule has 6 nitrogen and oxygen atoms in total. The second-order valence-corrected chi connectivity index (χ2v) is 7.56. The second-order valence-electron chi connectivity index (χ2n) is 4.88. The van der Waals surface area contributed by atoms with Crippen molar-refractivity contribution in [1.82, 2.24) is 4.31 Å². The molecule has 1 aliphatic heterocycles. The number of carboxylic acids is 1. The van der Waals surface area contributed by atoms with Gasteiger partial charge in [0.15, 0.2) is 0 Å². The zero-order valence-corrected chi connectivity index (χ0v) is 14.1. The van der Waals surface area contributed by atoms with Crippen LogP contribution in [0.25, 0.3) is 0 Å². The summed E-state index contributed by atoms with van der Waals surface area (Å²) in [6.45, 7) is 0.138. The first-order chi connectivity index (χ1) is 10.3. The lowest BCUT2D eigenvalue weighted by Crippen LogP contribution is -2.47. The zero-order chi connectivity index (χ0) is 16.5. The highest BCUT2D eigenvalue weighted by Gasteiger charge is 2.38. The topological polar surface area (TPSA) is 83.9 Å². The van der Waals surface area contributed by atoms with Crippen molar-refractivity contribution in [3.63, 3.8) is 0 Å². The van der Waals surface area contributed by atoms with E-state index in [1.165, 1.54) is 19.2 Å². The van der Waals surface area contributed by atoms with Crippen molar-refractivity contribution in [3.8, 4) is 5.75 Å². The number of sulfonamides is 1. The van der Waals surface area contributed by atoms with E-state index in [0.717, 1.165) is 4.31 Å². The molecule has 1 fully saturated rings. The number of aliphatic carboxylic acids is 1. The number of methoxy groups -OCH3 is 1. The third-order valence-corrected chi connectivity index (χ3v) is 6.20. The molecular weight excluding hydrogens is 353 g/mol. The van der Waals surface area contributed by atoms with Crippen molar-refractivity contribution in [1.29, 1.82) is 0 Å². The van der Waals surface area contributed by atoms with E-state index < -0.39 is 22.0 Å². The number of halogens is 2. The highest BCUT2D eigenvalue weighted by molar-refractivity contribution is 7.89. The van der Waals surface area contributed by atoms with Gasteiger partial charge in [-0.2, -0.15) is 4.31 Å². The summed E-state index contributed by atoms with van der Waals surface area (Å²) < 4.78 is 31.5. The van der Waals surface area contributed by atoms with Gasteiger partial charge in [-0.1, -0.05) is 23.2 Å². The number of ether oxygens (including phenoxy) is 1. The molecule has 1 aliphatic rings. The Bertz CT molecular complexity index is 692. The summed E-state index contributed by atoms with van der Waals surface area (Å²) in [6, 6.07) is 1.40. The van der Waals surface area contributed by atoms with Crippen LogP contribution in [-0.4, -0.2) is 43.5 Å². The Labute approximate surface area is 138 Å². The van der Waals surface area contributed by atoms with Crippen LogP contribution in [0, 0.1) is 0 Å². The molecule has 1 atom stereocenters. The van der Waals surface area contributed by atoms with E-state index in [1.807, 2.05) is 0 Å². The summed E-state index contributed by atoms with van der Waals surface area (Å²) in [5, 5.41) is 9.27. The number of rotatable bonds is 4. The summed E-state index contributed by atoms with van der Waals surface area (Å²) >= 11 is 12.0. The predicted molar refractivity (Wildman–Crippen MR) is 82.2 cm³/mol. The van der Waals surface area contributed by atoms with Gasteiger partial charge < -0.3 is 9.84 Å². The van der Waals surface area contributed by atoms with Gasteiger partial charge >= 0.3 is 5.97 Å². The molecule has 0 aromatic heterocycles. The first kappa shape index (κ1) is 17.3. The van der Waals surface area contributed by atoms with Crippen LogP contribution in [0.5, 0.6) is 5.75 Å². The molecule has 2 rings (SSSR count). The molecule has 9 heteroatoms. The molecule has 1 aromatic rings. The van der Waals surface area contributed by atoms with Gasteiger partial charge in [-0.05, 0) is 25.3 Å². The number of benzene rings is 1. The summed E-state index contributed by atoms with van der Waals surface area (Å²) in [7, 11) is -2.67. The minimum absolute atomic E-state index is 0.0593. The quantitative estimate of drug-likeness (QED) is 0.883. The first-order valence-corrected chi connectivity index (χ1v) is 8.76. The SMILES string of the molecule is COc1cc(Cl)c(S(=O)(=O)N2CCCCC2C(=O)O)cc1Cl. The summed E-state index contributed by atoms with van der Waals surface area (Å²) in [6.07, 6.45) is 1.54. The van der Waals surface area contributed by atoms with Gasteiger partial charge in [0.1, 0.15) is 16.7 Å². The van der Waals surface area contributed by atoms with Crippen LogP contribution >= 0.6 is 23.2 Å². The highest BCUT2D eigenvalue weighted by Crippen LogP contribution is 2.36. The van der Waals surface area contributed by atoms with Crippen LogP contribution in [0.4, 0.5) is 0 Å². The Morgan fingerprint density at radius 1 is 1.32 bits per heavy atom. The molecule has 1 heterocycles. The van der Waals surface area contributed by atoms with E-state index in [-0.39, 0.29) is 33.7 Å². The normalized spacial score (nSPS) is 19.9. The lowest BCUT2D eigenvalue weighted by atomic mass is 10.1. The second kappa shape index (κ2) is 6.62. The van der Waals surface area contributed by atoms with Crippen molar-refractivity contribution in [2.24, 2.45) is 0 Å². The van der Waals surface area contributed by atoms with Crippen LogP contribution in [0.1, 0.15) is 19.3 Å². The van der Waals surface area contributed by atoms with Crippen LogP contribution in [0.15, 0.2) is 17.0 Å². The van der Waals surface area contributed by atoms with Gasteiger partial charge in [0.25, 0.3) is 0 Å². The van der Waals surface area contributed by atoms with Crippen molar-refractivity contribution in [2.45, 2.75) is 30.2 Å². The van der Waals surface area contributed by atoms with E-state index in [2.05, 4.69) is 0 Å². The fourth-order valence-electron chi connectivity index (χ4n) is 2.43. The Morgan fingerprint density at radius 2 is 2.00 bits per heavy atom. The van der Waals surface area contributed by atoms with Gasteiger partial charge in [-0.3, -0.25) is 4.79 Å². The largest absolute Gasteiger partial charge is 0.495 e. The number of hydrogen-bond acceptors (Lipinski definition) is 4. The van der Waals surface area contributed by atoms with E-state index in [4.69, 9.17) is 27.9 Å². The highest BCUT2D eigenvalue weighted by atomic mass is 35.5. The molecule has 0 saturated carbocycles. The molecule has 0 amide bonds. The molecule has 0 radical (unpaired) electrons. The maximum Gasteiger partial charge on any atom is 0.322 e. The zero-order valence-electron chi connectivity index (χ0n) is 11.8. The average molecular weight is 368 g/mol. The molecule has 22 heavy (non-hydrogen) atoms. The molecule has 122 valence electrons. The molecule has 1 N–H and O–H groups in total. The Morgan fingerprint density at radius 3 is 2.59 bits per heavy atom. The summed E-state index contributed by atoms with van der Waals surface area (Å²) in [4.78, 5) is 11.1. The molecule has 1 saturated heterocycles. The smallest absolute Gasteiger partial charge is 0.322 e. The van der Waals surface area contributed by atoms with Gasteiger partial charge in [0.05, 0.1) is 17.2 Å². The third kappa shape index (κ3) is 3.17. The van der Waals surface area contributed by atoms with Crippen LogP contribution in [0.2, 0.25) is 10.0 Å². The summed E-state index contributed by atoms with van der Waals surface area (Å²) in [5.41, 5.74) is 0. The fourth-order valence-corrected chi connectivity index (χ4v) is 4.91. The molecule has 0 aliphatic carbocycles. The fraction of sp³-hybridized carbons (Fsp3) is 0.462. The molecule has 1 unspecified atom stereocenters. The third-order valence-electron chi connectivity index (χ3n) is 3.53. The van der Waals surface area contributed by atoms with Crippen LogP contribution in [-0.2, 0) is 14.8 Å². The standard InChI is InChI=1S/C13H15Cl2NO5S/c1-21-11-6-9(15)12(7-8(11)14)22(19,20)16-5-3-2-4-10(16)13(17)18/h6-7,10H,2-5H2,1H3,(H,17,18). The monoisotopic (exact) mass is 367 g/mol. The lowest BCUT2D eigenvalue weighted by Gasteiger charge is -2.32. The number of piperidine rings is 1. The van der Waals surface area contributed by atoms with Crippen molar-refractivity contribution < 1.29 is 23.1 Å². The first-order valence-electron chi connectivity index (χ1n) is 6.56. The Balaban J connectivity index is 2.50. The van der Waals surface area contributed by atoms with Crippen molar-refractivity contribution in [3.05, 3.63) is 22.2 Å². The van der Waals surface area contributed by atoms with Gasteiger partial charge in [-0.15, -0.1) is 0 Å². The Hall–Kier alpha value is -1.02. The van der Waals surface area contributed by atoms with E-state index in [1.54, 1.807) is 0 Å². The molecule has 0 bridgehead atoms. The lowest BCUT2D eigenvalue weighted by molar-refractivity contribution is -0.142. The van der Waals surface area contributed by atoms with E-state index in [0.29, 0.717) is 12.8 Å². The molecule has 1 aromatic carbocycles. The average Bonchev–Trinajstić information content (AvgIpc) is 2.48. The number of hydrogen-bond donors (Lipinski definition) is 1.